The van der Waals surface area contributed by atoms with Crippen molar-refractivity contribution in [2.24, 2.45) is 5.73 Å². The van der Waals surface area contributed by atoms with E-state index in [-0.39, 0.29) is 16.0 Å². The Labute approximate surface area is 101 Å². The SMILES string of the molecule is CS(=O)(=O)c1cc(C2(CN)COC2)ccc1N. The Morgan fingerprint density at radius 3 is 2.47 bits per heavy atom. The van der Waals surface area contributed by atoms with Crippen LogP contribution in [-0.2, 0) is 20.0 Å². The number of anilines is 1. The third-order valence-electron chi connectivity index (χ3n) is 3.17. The highest BCUT2D eigenvalue weighted by Crippen LogP contribution is 2.34. The third-order valence-corrected chi connectivity index (χ3v) is 4.33. The second-order valence-corrected chi connectivity index (χ2v) is 6.49. The number of nitrogen functional groups attached to an aromatic ring is 1. The zero-order valence-electron chi connectivity index (χ0n) is 9.64. The van der Waals surface area contributed by atoms with E-state index in [1.54, 1.807) is 12.1 Å². The maximum atomic E-state index is 11.6. The van der Waals surface area contributed by atoms with Gasteiger partial charge in [0.25, 0.3) is 0 Å². The van der Waals surface area contributed by atoms with Crippen molar-refractivity contribution < 1.29 is 13.2 Å². The number of ether oxygens (including phenoxy) is 1. The Kier molecular flexibility index (Phi) is 2.89. The van der Waals surface area contributed by atoms with Crippen LogP contribution in [0.4, 0.5) is 5.69 Å². The summed E-state index contributed by atoms with van der Waals surface area (Å²) in [6.07, 6.45) is 1.15. The van der Waals surface area contributed by atoms with E-state index in [1.807, 2.05) is 6.07 Å². The Hall–Kier alpha value is -1.11. The van der Waals surface area contributed by atoms with Gasteiger partial charge in [0.15, 0.2) is 9.84 Å². The fourth-order valence-electron chi connectivity index (χ4n) is 1.94. The van der Waals surface area contributed by atoms with Gasteiger partial charge in [0, 0.05) is 12.8 Å². The second-order valence-electron chi connectivity index (χ2n) is 4.50. The highest BCUT2D eigenvalue weighted by molar-refractivity contribution is 7.90. The van der Waals surface area contributed by atoms with Gasteiger partial charge >= 0.3 is 0 Å². The summed E-state index contributed by atoms with van der Waals surface area (Å²) < 4.78 is 28.3. The summed E-state index contributed by atoms with van der Waals surface area (Å²) in [4.78, 5) is 0.162. The first-order valence-corrected chi connectivity index (χ1v) is 7.16. The molecule has 0 aliphatic carbocycles. The summed E-state index contributed by atoms with van der Waals surface area (Å²) >= 11 is 0. The zero-order valence-corrected chi connectivity index (χ0v) is 10.5. The number of hydrogen-bond acceptors (Lipinski definition) is 5. The van der Waals surface area contributed by atoms with Gasteiger partial charge in [0.2, 0.25) is 0 Å². The monoisotopic (exact) mass is 256 g/mol. The average Bonchev–Trinajstić information content (AvgIpc) is 2.17. The molecule has 1 aromatic carbocycles. The van der Waals surface area contributed by atoms with E-state index < -0.39 is 9.84 Å². The van der Waals surface area contributed by atoms with Crippen molar-refractivity contribution in [3.63, 3.8) is 0 Å². The maximum Gasteiger partial charge on any atom is 0.177 e. The van der Waals surface area contributed by atoms with Gasteiger partial charge in [-0.25, -0.2) is 8.42 Å². The average molecular weight is 256 g/mol. The summed E-state index contributed by atoms with van der Waals surface area (Å²) in [7, 11) is -3.32. The van der Waals surface area contributed by atoms with Crippen LogP contribution >= 0.6 is 0 Å². The van der Waals surface area contributed by atoms with Crippen LogP contribution in [0.3, 0.4) is 0 Å². The van der Waals surface area contributed by atoms with Crippen molar-refractivity contribution in [2.75, 3.05) is 31.7 Å². The summed E-state index contributed by atoms with van der Waals surface area (Å²) in [5.41, 5.74) is 12.3. The van der Waals surface area contributed by atoms with Gasteiger partial charge in [0.05, 0.1) is 29.2 Å². The molecule has 0 radical (unpaired) electrons. The molecular formula is C11H16N2O3S. The fraction of sp³-hybridized carbons (Fsp3) is 0.455. The Balaban J connectivity index is 2.52. The molecule has 94 valence electrons. The quantitative estimate of drug-likeness (QED) is 0.736. The number of benzene rings is 1. The Morgan fingerprint density at radius 2 is 2.06 bits per heavy atom. The smallest absolute Gasteiger partial charge is 0.177 e. The molecule has 2 rings (SSSR count). The highest BCUT2D eigenvalue weighted by Gasteiger charge is 2.39. The van der Waals surface area contributed by atoms with E-state index in [1.165, 1.54) is 0 Å². The van der Waals surface area contributed by atoms with Crippen LogP contribution in [0.25, 0.3) is 0 Å². The van der Waals surface area contributed by atoms with E-state index in [4.69, 9.17) is 16.2 Å². The minimum absolute atomic E-state index is 0.162. The summed E-state index contributed by atoms with van der Waals surface area (Å²) in [5.74, 6) is 0. The van der Waals surface area contributed by atoms with E-state index in [0.717, 1.165) is 11.8 Å². The van der Waals surface area contributed by atoms with Crippen LogP contribution < -0.4 is 11.5 Å². The lowest BCUT2D eigenvalue weighted by Crippen LogP contribution is -2.52. The largest absolute Gasteiger partial charge is 0.398 e. The molecule has 4 N–H and O–H groups in total. The molecule has 5 nitrogen and oxygen atoms in total. The van der Waals surface area contributed by atoms with Crippen molar-refractivity contribution in [3.8, 4) is 0 Å². The van der Waals surface area contributed by atoms with Crippen LogP contribution in [-0.4, -0.2) is 34.4 Å². The van der Waals surface area contributed by atoms with Crippen molar-refractivity contribution in [2.45, 2.75) is 10.3 Å². The topological polar surface area (TPSA) is 95.4 Å². The fourth-order valence-corrected chi connectivity index (χ4v) is 2.77. The minimum Gasteiger partial charge on any atom is -0.398 e. The molecule has 1 aliphatic rings. The molecule has 1 heterocycles. The molecule has 1 aliphatic heterocycles. The lowest BCUT2D eigenvalue weighted by Gasteiger charge is -2.41. The first kappa shape index (κ1) is 12.3. The molecule has 0 unspecified atom stereocenters. The molecule has 17 heavy (non-hydrogen) atoms. The molecule has 1 aromatic rings. The molecule has 1 fully saturated rings. The van der Waals surface area contributed by atoms with Crippen LogP contribution in [0.1, 0.15) is 5.56 Å². The maximum absolute atomic E-state index is 11.6. The normalized spacial score (nSPS) is 18.7. The molecule has 0 bridgehead atoms. The third kappa shape index (κ3) is 2.03. The minimum atomic E-state index is -3.32. The zero-order chi connectivity index (χ0) is 12.7. The van der Waals surface area contributed by atoms with Gasteiger partial charge in [0.1, 0.15) is 0 Å². The number of sulfone groups is 1. The predicted octanol–water partition coefficient (Wildman–Crippen LogP) is -0.101. The van der Waals surface area contributed by atoms with Gasteiger partial charge in [-0.3, -0.25) is 0 Å². The van der Waals surface area contributed by atoms with Gasteiger partial charge in [-0.1, -0.05) is 6.07 Å². The van der Waals surface area contributed by atoms with Crippen LogP contribution in [0, 0.1) is 0 Å². The summed E-state index contributed by atoms with van der Waals surface area (Å²) in [6, 6.07) is 5.04. The molecule has 0 atom stereocenters. The first-order chi connectivity index (χ1) is 7.89. The van der Waals surface area contributed by atoms with E-state index in [2.05, 4.69) is 0 Å². The van der Waals surface area contributed by atoms with E-state index in [9.17, 15) is 8.42 Å². The highest BCUT2D eigenvalue weighted by atomic mass is 32.2. The first-order valence-electron chi connectivity index (χ1n) is 5.27. The van der Waals surface area contributed by atoms with Gasteiger partial charge in [-0.05, 0) is 17.7 Å². The van der Waals surface area contributed by atoms with Crippen molar-refractivity contribution in [1.82, 2.24) is 0 Å². The van der Waals surface area contributed by atoms with Crippen LogP contribution in [0.5, 0.6) is 0 Å². The van der Waals surface area contributed by atoms with Crippen molar-refractivity contribution in [3.05, 3.63) is 23.8 Å². The molecule has 0 aromatic heterocycles. The number of rotatable bonds is 3. The molecule has 1 saturated heterocycles. The van der Waals surface area contributed by atoms with Gasteiger partial charge < -0.3 is 16.2 Å². The number of nitrogens with two attached hydrogens (primary N) is 2. The molecule has 6 heteroatoms. The van der Waals surface area contributed by atoms with Crippen molar-refractivity contribution >= 4 is 15.5 Å². The predicted molar refractivity (Wildman–Crippen MR) is 65.5 cm³/mol. The van der Waals surface area contributed by atoms with Crippen molar-refractivity contribution in [1.29, 1.82) is 0 Å². The summed E-state index contributed by atoms with van der Waals surface area (Å²) in [6.45, 7) is 1.48. The molecule has 0 amide bonds. The van der Waals surface area contributed by atoms with Crippen LogP contribution in [0.2, 0.25) is 0 Å². The molecular weight excluding hydrogens is 240 g/mol. The number of hydrogen-bond donors (Lipinski definition) is 2. The molecule has 0 saturated carbocycles. The van der Waals surface area contributed by atoms with E-state index >= 15 is 0 Å². The standard InChI is InChI=1S/C11H16N2O3S/c1-17(14,15)10-4-8(2-3-9(10)13)11(5-12)6-16-7-11/h2-4H,5-7,12-13H2,1H3. The summed E-state index contributed by atoms with van der Waals surface area (Å²) in [5, 5.41) is 0. The lowest BCUT2D eigenvalue weighted by atomic mass is 9.79. The lowest BCUT2D eigenvalue weighted by molar-refractivity contribution is -0.0551. The second kappa shape index (κ2) is 3.97. The Morgan fingerprint density at radius 1 is 1.41 bits per heavy atom. The van der Waals surface area contributed by atoms with Crippen LogP contribution in [0.15, 0.2) is 23.1 Å². The van der Waals surface area contributed by atoms with Gasteiger partial charge in [-0.2, -0.15) is 0 Å². The Bertz CT molecular complexity index is 530. The molecule has 0 spiro atoms. The van der Waals surface area contributed by atoms with Gasteiger partial charge in [-0.15, -0.1) is 0 Å². The van der Waals surface area contributed by atoms with E-state index in [0.29, 0.717) is 19.8 Å².